The summed E-state index contributed by atoms with van der Waals surface area (Å²) in [5.41, 5.74) is 7.27. The summed E-state index contributed by atoms with van der Waals surface area (Å²) >= 11 is 0. The van der Waals surface area contributed by atoms with Gasteiger partial charge in [0.1, 0.15) is 11.6 Å². The van der Waals surface area contributed by atoms with Crippen LogP contribution < -0.4 is 16.0 Å². The van der Waals surface area contributed by atoms with Gasteiger partial charge in [-0.3, -0.25) is 4.98 Å². The van der Waals surface area contributed by atoms with E-state index in [9.17, 15) is 0 Å². The van der Waals surface area contributed by atoms with Gasteiger partial charge in [0.05, 0.1) is 11.7 Å². The van der Waals surface area contributed by atoms with Gasteiger partial charge in [0.2, 0.25) is 0 Å². The second-order valence-corrected chi connectivity index (χ2v) is 6.23. The molecule has 2 aromatic heterocycles. The van der Waals surface area contributed by atoms with Gasteiger partial charge in [0.15, 0.2) is 0 Å². The summed E-state index contributed by atoms with van der Waals surface area (Å²) in [4.78, 5) is 15.7. The standard InChI is InChI=1S/C18H26N6/c19-16(14-20-13-15-7-3-4-9-21-15)18-22-10-8-17(23-18)24-11-5-1-2-6-12-24/h3-4,7-10,16,20H,1-2,5-6,11-14,19H2. The zero-order valence-electron chi connectivity index (χ0n) is 14.1. The molecule has 1 saturated heterocycles. The molecule has 1 aliphatic heterocycles. The lowest BCUT2D eigenvalue weighted by Gasteiger charge is -2.22. The molecular weight excluding hydrogens is 300 g/mol. The van der Waals surface area contributed by atoms with Gasteiger partial charge in [0.25, 0.3) is 0 Å². The van der Waals surface area contributed by atoms with Crippen LogP contribution in [0.3, 0.4) is 0 Å². The van der Waals surface area contributed by atoms with Crippen LogP contribution in [-0.2, 0) is 6.54 Å². The lowest BCUT2D eigenvalue weighted by atomic mass is 10.2. The minimum absolute atomic E-state index is 0.222. The van der Waals surface area contributed by atoms with Crippen LogP contribution in [0.5, 0.6) is 0 Å². The Kier molecular flexibility index (Phi) is 6.09. The van der Waals surface area contributed by atoms with Crippen molar-refractivity contribution in [2.24, 2.45) is 5.73 Å². The smallest absolute Gasteiger partial charge is 0.148 e. The molecule has 6 heteroatoms. The monoisotopic (exact) mass is 326 g/mol. The summed E-state index contributed by atoms with van der Waals surface area (Å²) in [7, 11) is 0. The Balaban J connectivity index is 1.56. The van der Waals surface area contributed by atoms with Crippen LogP contribution in [0.2, 0.25) is 0 Å². The molecule has 0 saturated carbocycles. The normalized spacial score (nSPS) is 16.6. The minimum Gasteiger partial charge on any atom is -0.357 e. The Morgan fingerprint density at radius 1 is 1.04 bits per heavy atom. The molecule has 24 heavy (non-hydrogen) atoms. The van der Waals surface area contributed by atoms with Gasteiger partial charge >= 0.3 is 0 Å². The maximum atomic E-state index is 6.26. The van der Waals surface area contributed by atoms with Gasteiger partial charge in [-0.1, -0.05) is 18.9 Å². The molecule has 128 valence electrons. The SMILES string of the molecule is NC(CNCc1ccccn1)c1nccc(N2CCCCCC2)n1. The van der Waals surface area contributed by atoms with E-state index in [1.54, 1.807) is 6.20 Å². The first kappa shape index (κ1) is 16.8. The van der Waals surface area contributed by atoms with Crippen LogP contribution in [0.15, 0.2) is 36.7 Å². The Hall–Kier alpha value is -2.05. The fourth-order valence-electron chi connectivity index (χ4n) is 2.97. The molecule has 0 radical (unpaired) electrons. The summed E-state index contributed by atoms with van der Waals surface area (Å²) in [6, 6.07) is 7.66. The van der Waals surface area contributed by atoms with E-state index in [1.165, 1.54) is 25.7 Å². The van der Waals surface area contributed by atoms with Crippen molar-refractivity contribution < 1.29 is 0 Å². The number of aromatic nitrogens is 3. The molecule has 0 amide bonds. The predicted molar refractivity (Wildman–Crippen MR) is 95.6 cm³/mol. The van der Waals surface area contributed by atoms with Crippen molar-refractivity contribution >= 4 is 5.82 Å². The maximum Gasteiger partial charge on any atom is 0.148 e. The number of anilines is 1. The molecule has 3 rings (SSSR count). The summed E-state index contributed by atoms with van der Waals surface area (Å²) in [6.45, 7) is 3.47. The minimum atomic E-state index is -0.222. The van der Waals surface area contributed by atoms with E-state index >= 15 is 0 Å². The summed E-state index contributed by atoms with van der Waals surface area (Å²) in [5.74, 6) is 1.70. The van der Waals surface area contributed by atoms with Gasteiger partial charge in [0, 0.05) is 38.6 Å². The van der Waals surface area contributed by atoms with Crippen molar-refractivity contribution in [3.63, 3.8) is 0 Å². The fourth-order valence-corrected chi connectivity index (χ4v) is 2.97. The van der Waals surface area contributed by atoms with Crippen molar-refractivity contribution in [1.29, 1.82) is 0 Å². The molecular formula is C18H26N6. The molecule has 1 aliphatic rings. The number of nitrogens with one attached hydrogen (secondary N) is 1. The quantitative estimate of drug-likeness (QED) is 0.845. The highest BCUT2D eigenvalue weighted by molar-refractivity contribution is 5.37. The van der Waals surface area contributed by atoms with E-state index in [-0.39, 0.29) is 6.04 Å². The van der Waals surface area contributed by atoms with Gasteiger partial charge in [-0.25, -0.2) is 9.97 Å². The highest BCUT2D eigenvalue weighted by atomic mass is 15.2. The average molecular weight is 326 g/mol. The second-order valence-electron chi connectivity index (χ2n) is 6.23. The fraction of sp³-hybridized carbons (Fsp3) is 0.500. The van der Waals surface area contributed by atoms with Crippen LogP contribution in [0.4, 0.5) is 5.82 Å². The molecule has 1 fully saturated rings. The molecule has 2 aromatic rings. The van der Waals surface area contributed by atoms with E-state index < -0.39 is 0 Å². The Morgan fingerprint density at radius 2 is 1.88 bits per heavy atom. The highest BCUT2D eigenvalue weighted by Crippen LogP contribution is 2.18. The third-order valence-corrected chi connectivity index (χ3v) is 4.32. The van der Waals surface area contributed by atoms with Crippen LogP contribution in [-0.4, -0.2) is 34.6 Å². The first-order valence-corrected chi connectivity index (χ1v) is 8.77. The van der Waals surface area contributed by atoms with Crippen molar-refractivity contribution in [3.8, 4) is 0 Å². The molecule has 0 aliphatic carbocycles. The van der Waals surface area contributed by atoms with Crippen molar-refractivity contribution in [1.82, 2.24) is 20.3 Å². The van der Waals surface area contributed by atoms with Gasteiger partial charge in [-0.2, -0.15) is 0 Å². The van der Waals surface area contributed by atoms with Crippen molar-refractivity contribution in [3.05, 3.63) is 48.2 Å². The Labute approximate surface area is 143 Å². The van der Waals surface area contributed by atoms with Crippen molar-refractivity contribution in [2.75, 3.05) is 24.5 Å². The van der Waals surface area contributed by atoms with E-state index in [0.29, 0.717) is 18.9 Å². The van der Waals surface area contributed by atoms with Gasteiger partial charge in [-0.15, -0.1) is 0 Å². The Bertz CT molecular complexity index is 610. The average Bonchev–Trinajstić information content (AvgIpc) is 2.92. The van der Waals surface area contributed by atoms with Gasteiger partial charge < -0.3 is 16.0 Å². The molecule has 6 nitrogen and oxygen atoms in total. The molecule has 0 spiro atoms. The largest absolute Gasteiger partial charge is 0.357 e. The summed E-state index contributed by atoms with van der Waals surface area (Å²) < 4.78 is 0. The van der Waals surface area contributed by atoms with E-state index in [2.05, 4.69) is 20.2 Å². The second kappa shape index (κ2) is 8.70. The van der Waals surface area contributed by atoms with Crippen molar-refractivity contribution in [2.45, 2.75) is 38.3 Å². The van der Waals surface area contributed by atoms with Gasteiger partial charge in [-0.05, 0) is 31.0 Å². The van der Waals surface area contributed by atoms with E-state index in [0.717, 1.165) is 24.6 Å². The Morgan fingerprint density at radius 3 is 2.62 bits per heavy atom. The molecule has 0 bridgehead atoms. The first-order valence-electron chi connectivity index (χ1n) is 8.77. The molecule has 1 unspecified atom stereocenters. The number of nitrogens with two attached hydrogens (primary N) is 1. The van der Waals surface area contributed by atoms with Crippen LogP contribution >= 0.6 is 0 Å². The topological polar surface area (TPSA) is 80.0 Å². The molecule has 0 aromatic carbocycles. The number of rotatable bonds is 6. The highest BCUT2D eigenvalue weighted by Gasteiger charge is 2.14. The number of pyridine rings is 1. The third kappa shape index (κ3) is 4.72. The van der Waals surface area contributed by atoms with E-state index in [1.807, 2.05) is 30.5 Å². The summed E-state index contributed by atoms with van der Waals surface area (Å²) in [6.07, 6.45) is 8.71. The number of nitrogens with zero attached hydrogens (tertiary/aromatic N) is 4. The molecule has 1 atom stereocenters. The van der Waals surface area contributed by atoms with Crippen LogP contribution in [0.25, 0.3) is 0 Å². The maximum absolute atomic E-state index is 6.26. The van der Waals surface area contributed by atoms with Crippen LogP contribution in [0.1, 0.15) is 43.2 Å². The van der Waals surface area contributed by atoms with E-state index in [4.69, 9.17) is 10.7 Å². The predicted octanol–water partition coefficient (Wildman–Crippen LogP) is 2.04. The number of hydrogen-bond donors (Lipinski definition) is 2. The lowest BCUT2D eigenvalue weighted by molar-refractivity contribution is 0.568. The first-order chi connectivity index (χ1) is 11.8. The van der Waals surface area contributed by atoms with Crippen LogP contribution in [0, 0.1) is 0 Å². The molecule has 3 heterocycles. The summed E-state index contributed by atoms with van der Waals surface area (Å²) in [5, 5.41) is 3.33. The molecule has 3 N–H and O–H groups in total. The zero-order valence-corrected chi connectivity index (χ0v) is 14.1. The lowest BCUT2D eigenvalue weighted by Crippen LogP contribution is -2.30. The zero-order chi connectivity index (χ0) is 16.6. The third-order valence-electron chi connectivity index (χ3n) is 4.32. The number of hydrogen-bond acceptors (Lipinski definition) is 6.